The monoisotopic (exact) mass is 307 g/mol. The second-order valence-electron chi connectivity index (χ2n) is 5.14. The first kappa shape index (κ1) is 15.4. The van der Waals surface area contributed by atoms with Gasteiger partial charge in [-0.2, -0.15) is 0 Å². The van der Waals surface area contributed by atoms with Crippen LogP contribution < -0.4 is 5.32 Å². The van der Waals surface area contributed by atoms with Gasteiger partial charge in [0.1, 0.15) is 0 Å². The number of hydrogen-bond donors (Lipinski definition) is 1. The number of hydrogen-bond acceptors (Lipinski definition) is 1. The zero-order valence-electron chi connectivity index (χ0n) is 11.3. The average molecular weight is 308 g/mol. The van der Waals surface area contributed by atoms with E-state index in [1.165, 1.54) is 11.1 Å². The third-order valence-electron chi connectivity index (χ3n) is 4.01. The molecule has 0 spiro atoms. The van der Waals surface area contributed by atoms with Gasteiger partial charge >= 0.3 is 0 Å². The highest BCUT2D eigenvalue weighted by Gasteiger charge is 2.28. The molecule has 1 nitrogen and oxygen atoms in total. The van der Waals surface area contributed by atoms with E-state index >= 15 is 0 Å². The quantitative estimate of drug-likeness (QED) is 0.853. The van der Waals surface area contributed by atoms with Crippen LogP contribution in [0.15, 0.2) is 54.6 Å². The minimum Gasteiger partial charge on any atom is -0.316 e. The van der Waals surface area contributed by atoms with Crippen LogP contribution in [-0.4, -0.2) is 13.1 Å². The van der Waals surface area contributed by atoms with Crippen molar-refractivity contribution in [1.82, 2.24) is 5.32 Å². The molecular weight excluding hydrogens is 289 g/mol. The van der Waals surface area contributed by atoms with E-state index in [-0.39, 0.29) is 12.4 Å². The smallest absolute Gasteiger partial charge is 0.0441 e. The fourth-order valence-electron chi connectivity index (χ4n) is 3.06. The molecule has 2 atom stereocenters. The molecule has 1 saturated heterocycles. The summed E-state index contributed by atoms with van der Waals surface area (Å²) >= 11 is 6.39. The summed E-state index contributed by atoms with van der Waals surface area (Å²) in [7, 11) is 0. The number of benzene rings is 2. The van der Waals surface area contributed by atoms with Crippen molar-refractivity contribution in [3.05, 3.63) is 70.7 Å². The van der Waals surface area contributed by atoms with E-state index in [0.29, 0.717) is 11.8 Å². The number of rotatable bonds is 2. The van der Waals surface area contributed by atoms with Gasteiger partial charge in [0.25, 0.3) is 0 Å². The van der Waals surface area contributed by atoms with Crippen molar-refractivity contribution < 1.29 is 0 Å². The summed E-state index contributed by atoms with van der Waals surface area (Å²) in [6, 6.07) is 19.0. The summed E-state index contributed by atoms with van der Waals surface area (Å²) < 4.78 is 0. The molecule has 0 aliphatic carbocycles. The lowest BCUT2D eigenvalue weighted by Crippen LogP contribution is -2.34. The Morgan fingerprint density at radius 3 is 2.35 bits per heavy atom. The largest absolute Gasteiger partial charge is 0.316 e. The lowest BCUT2D eigenvalue weighted by Gasteiger charge is -2.33. The van der Waals surface area contributed by atoms with Crippen molar-refractivity contribution in [3.63, 3.8) is 0 Å². The normalized spacial score (nSPS) is 22.1. The Labute approximate surface area is 131 Å². The predicted octanol–water partition coefficient (Wildman–Crippen LogP) is 4.62. The Balaban J connectivity index is 0.00000147. The molecule has 3 heteroatoms. The number of halogens is 2. The third kappa shape index (κ3) is 3.17. The van der Waals surface area contributed by atoms with Gasteiger partial charge in [-0.1, -0.05) is 60.1 Å². The van der Waals surface area contributed by atoms with Crippen molar-refractivity contribution in [2.75, 3.05) is 13.1 Å². The summed E-state index contributed by atoms with van der Waals surface area (Å²) in [5.74, 6) is 1.02. The minimum absolute atomic E-state index is 0. The zero-order chi connectivity index (χ0) is 13.1. The summed E-state index contributed by atoms with van der Waals surface area (Å²) in [4.78, 5) is 0. The van der Waals surface area contributed by atoms with Crippen molar-refractivity contribution >= 4 is 24.0 Å². The van der Waals surface area contributed by atoms with Gasteiger partial charge < -0.3 is 5.32 Å². The Morgan fingerprint density at radius 2 is 1.60 bits per heavy atom. The van der Waals surface area contributed by atoms with Crippen molar-refractivity contribution in [3.8, 4) is 0 Å². The second-order valence-corrected chi connectivity index (χ2v) is 5.55. The van der Waals surface area contributed by atoms with E-state index in [1.807, 2.05) is 12.1 Å². The van der Waals surface area contributed by atoms with Crippen LogP contribution in [0.1, 0.15) is 29.4 Å². The van der Waals surface area contributed by atoms with Crippen LogP contribution in [0.3, 0.4) is 0 Å². The first-order valence-corrected chi connectivity index (χ1v) is 7.24. The van der Waals surface area contributed by atoms with Gasteiger partial charge in [-0.05, 0) is 36.1 Å². The molecule has 0 bridgehead atoms. The Kier molecular flexibility index (Phi) is 5.47. The highest BCUT2D eigenvalue weighted by atomic mass is 35.5. The fraction of sp³-hybridized carbons (Fsp3) is 0.294. The maximum atomic E-state index is 6.39. The Hall–Kier alpha value is -1.02. The van der Waals surface area contributed by atoms with Crippen molar-refractivity contribution in [2.45, 2.75) is 18.3 Å². The molecule has 1 heterocycles. The Morgan fingerprint density at radius 1 is 0.900 bits per heavy atom. The van der Waals surface area contributed by atoms with E-state index < -0.39 is 0 Å². The highest BCUT2D eigenvalue weighted by Crippen LogP contribution is 2.39. The van der Waals surface area contributed by atoms with Gasteiger partial charge in [-0.3, -0.25) is 0 Å². The van der Waals surface area contributed by atoms with E-state index in [1.54, 1.807) is 0 Å². The molecule has 3 rings (SSSR count). The summed E-state index contributed by atoms with van der Waals surface area (Å²) in [5, 5.41) is 4.41. The molecule has 2 aromatic carbocycles. The van der Waals surface area contributed by atoms with Crippen LogP contribution in [0.4, 0.5) is 0 Å². The van der Waals surface area contributed by atoms with E-state index in [4.69, 9.17) is 11.6 Å². The van der Waals surface area contributed by atoms with Crippen LogP contribution in [0, 0.1) is 0 Å². The first-order valence-electron chi connectivity index (χ1n) is 6.86. The van der Waals surface area contributed by atoms with E-state index in [9.17, 15) is 0 Å². The van der Waals surface area contributed by atoms with E-state index in [2.05, 4.69) is 47.8 Å². The fourth-order valence-corrected chi connectivity index (χ4v) is 3.33. The molecule has 0 radical (unpaired) electrons. The molecule has 1 fully saturated rings. The minimum atomic E-state index is 0. The molecule has 0 amide bonds. The molecule has 2 aromatic rings. The zero-order valence-corrected chi connectivity index (χ0v) is 12.8. The van der Waals surface area contributed by atoms with Crippen molar-refractivity contribution in [1.29, 1.82) is 0 Å². The topological polar surface area (TPSA) is 12.0 Å². The molecule has 1 aliphatic heterocycles. The summed E-state index contributed by atoms with van der Waals surface area (Å²) in [6.45, 7) is 2.10. The first-order chi connectivity index (χ1) is 9.36. The van der Waals surface area contributed by atoms with Crippen LogP contribution in [0.5, 0.6) is 0 Å². The average Bonchev–Trinajstić information content (AvgIpc) is 2.49. The second kappa shape index (κ2) is 7.12. The Bertz CT molecular complexity index is 542. The van der Waals surface area contributed by atoms with Gasteiger partial charge in [0, 0.05) is 17.5 Å². The lowest BCUT2D eigenvalue weighted by molar-refractivity contribution is 0.404. The predicted molar refractivity (Wildman–Crippen MR) is 88.1 cm³/mol. The van der Waals surface area contributed by atoms with Gasteiger partial charge in [-0.25, -0.2) is 0 Å². The molecule has 1 aliphatic rings. The molecule has 0 saturated carbocycles. The maximum absolute atomic E-state index is 6.39. The highest BCUT2D eigenvalue weighted by molar-refractivity contribution is 6.31. The van der Waals surface area contributed by atoms with Gasteiger partial charge in [0.05, 0.1) is 0 Å². The third-order valence-corrected chi connectivity index (χ3v) is 4.36. The van der Waals surface area contributed by atoms with Crippen LogP contribution >= 0.6 is 24.0 Å². The SMILES string of the molecule is Cl.Clc1ccccc1[C@H]1CCNC[C@H]1c1ccccc1. The number of nitrogens with one attached hydrogen (secondary N) is 1. The lowest BCUT2D eigenvalue weighted by atomic mass is 9.77. The molecule has 0 unspecified atom stereocenters. The summed E-state index contributed by atoms with van der Waals surface area (Å²) in [6.07, 6.45) is 1.14. The molecular formula is C17H19Cl2N. The van der Waals surface area contributed by atoms with E-state index in [0.717, 1.165) is 24.5 Å². The maximum Gasteiger partial charge on any atom is 0.0441 e. The van der Waals surface area contributed by atoms with Gasteiger partial charge in [0.2, 0.25) is 0 Å². The molecule has 1 N–H and O–H groups in total. The standard InChI is InChI=1S/C17H18ClN.ClH/c18-17-9-5-4-8-15(17)14-10-11-19-12-16(14)13-6-2-1-3-7-13;/h1-9,14,16,19H,10-12H2;1H/t14-,16+;/m1./s1. The molecule has 0 aromatic heterocycles. The molecule has 20 heavy (non-hydrogen) atoms. The molecule has 106 valence electrons. The van der Waals surface area contributed by atoms with Gasteiger partial charge in [0.15, 0.2) is 0 Å². The summed E-state index contributed by atoms with van der Waals surface area (Å²) in [5.41, 5.74) is 2.69. The van der Waals surface area contributed by atoms with Crippen LogP contribution in [0.2, 0.25) is 5.02 Å². The number of piperidine rings is 1. The van der Waals surface area contributed by atoms with Crippen LogP contribution in [0.25, 0.3) is 0 Å². The van der Waals surface area contributed by atoms with Crippen molar-refractivity contribution in [2.24, 2.45) is 0 Å². The van der Waals surface area contributed by atoms with Gasteiger partial charge in [-0.15, -0.1) is 12.4 Å². The van der Waals surface area contributed by atoms with Crippen LogP contribution in [-0.2, 0) is 0 Å².